The van der Waals surface area contributed by atoms with Crippen molar-refractivity contribution >= 4 is 5.69 Å². The van der Waals surface area contributed by atoms with E-state index in [-0.39, 0.29) is 0 Å². The third kappa shape index (κ3) is 2.99. The van der Waals surface area contributed by atoms with Crippen LogP contribution in [0.4, 0.5) is 14.5 Å². The summed E-state index contributed by atoms with van der Waals surface area (Å²) in [6, 6.07) is 4.54. The number of nitrogens with zero attached hydrogens (tertiary/aromatic N) is 1. The van der Waals surface area contributed by atoms with Gasteiger partial charge in [-0.05, 0) is 38.4 Å². The third-order valence-electron chi connectivity index (χ3n) is 3.55. The van der Waals surface area contributed by atoms with E-state index >= 15 is 0 Å². The molecule has 0 bridgehead atoms. The highest BCUT2D eigenvalue weighted by Gasteiger charge is 2.25. The summed E-state index contributed by atoms with van der Waals surface area (Å²) in [5, 5.41) is 3.43. The Morgan fingerprint density at radius 3 is 2.50 bits per heavy atom. The van der Waals surface area contributed by atoms with Gasteiger partial charge >= 0.3 is 0 Å². The molecule has 1 aromatic rings. The van der Waals surface area contributed by atoms with Gasteiger partial charge in [-0.2, -0.15) is 0 Å². The fourth-order valence-electron chi connectivity index (χ4n) is 2.73. The lowest BCUT2D eigenvalue weighted by molar-refractivity contribution is 0.373. The van der Waals surface area contributed by atoms with Gasteiger partial charge in [0.2, 0.25) is 0 Å². The van der Waals surface area contributed by atoms with Crippen LogP contribution in [0.5, 0.6) is 0 Å². The topological polar surface area (TPSA) is 15.3 Å². The van der Waals surface area contributed by atoms with Crippen molar-refractivity contribution in [2.24, 2.45) is 0 Å². The minimum atomic E-state index is -0.508. The van der Waals surface area contributed by atoms with Crippen molar-refractivity contribution in [1.29, 1.82) is 0 Å². The molecule has 100 valence electrons. The van der Waals surface area contributed by atoms with E-state index in [2.05, 4.69) is 24.1 Å². The Kier molecular flexibility index (Phi) is 4.17. The van der Waals surface area contributed by atoms with Crippen LogP contribution < -0.4 is 10.2 Å². The SMILES string of the molecule is CCNC1CCN(c2cc(F)cc(F)c2)C(C)C1. The average molecular weight is 254 g/mol. The van der Waals surface area contributed by atoms with Crippen molar-refractivity contribution in [2.45, 2.75) is 38.8 Å². The highest BCUT2D eigenvalue weighted by molar-refractivity contribution is 5.48. The summed E-state index contributed by atoms with van der Waals surface area (Å²) in [6.45, 7) is 6.00. The average Bonchev–Trinajstić information content (AvgIpc) is 2.28. The molecule has 18 heavy (non-hydrogen) atoms. The van der Waals surface area contributed by atoms with Crippen LogP contribution in [0.2, 0.25) is 0 Å². The summed E-state index contributed by atoms with van der Waals surface area (Å²) in [4.78, 5) is 2.08. The Balaban J connectivity index is 2.10. The standard InChI is InChI=1S/C14H20F2N2/c1-3-17-13-4-5-18(10(2)6-13)14-8-11(15)7-12(16)9-14/h7-10,13,17H,3-6H2,1-2H3. The van der Waals surface area contributed by atoms with Gasteiger partial charge in [-0.25, -0.2) is 8.78 Å². The first kappa shape index (κ1) is 13.3. The van der Waals surface area contributed by atoms with E-state index in [0.717, 1.165) is 32.0 Å². The number of hydrogen-bond acceptors (Lipinski definition) is 2. The molecule has 1 aliphatic rings. The van der Waals surface area contributed by atoms with E-state index in [0.29, 0.717) is 17.8 Å². The maximum absolute atomic E-state index is 13.2. The van der Waals surface area contributed by atoms with E-state index in [4.69, 9.17) is 0 Å². The van der Waals surface area contributed by atoms with E-state index in [9.17, 15) is 8.78 Å². The zero-order valence-electron chi connectivity index (χ0n) is 10.9. The first-order chi connectivity index (χ1) is 8.60. The summed E-state index contributed by atoms with van der Waals surface area (Å²) < 4.78 is 26.5. The lowest BCUT2D eigenvalue weighted by atomic mass is 9.97. The highest BCUT2D eigenvalue weighted by atomic mass is 19.1. The van der Waals surface area contributed by atoms with Crippen LogP contribution in [0, 0.1) is 11.6 Å². The van der Waals surface area contributed by atoms with Crippen molar-refractivity contribution in [1.82, 2.24) is 5.32 Å². The monoisotopic (exact) mass is 254 g/mol. The van der Waals surface area contributed by atoms with Crippen LogP contribution in [-0.4, -0.2) is 25.2 Å². The quantitative estimate of drug-likeness (QED) is 0.892. The van der Waals surface area contributed by atoms with Crippen molar-refractivity contribution in [3.63, 3.8) is 0 Å². The van der Waals surface area contributed by atoms with Crippen LogP contribution in [-0.2, 0) is 0 Å². The second-order valence-corrected chi connectivity index (χ2v) is 4.95. The van der Waals surface area contributed by atoms with Gasteiger partial charge in [0.15, 0.2) is 0 Å². The number of nitrogens with one attached hydrogen (secondary N) is 1. The van der Waals surface area contributed by atoms with Crippen molar-refractivity contribution in [3.05, 3.63) is 29.8 Å². The Hall–Kier alpha value is -1.16. The van der Waals surface area contributed by atoms with Gasteiger partial charge in [0.05, 0.1) is 0 Å². The van der Waals surface area contributed by atoms with Gasteiger partial charge in [0.1, 0.15) is 11.6 Å². The van der Waals surface area contributed by atoms with Gasteiger partial charge in [0, 0.05) is 30.4 Å². The Bertz CT molecular complexity index is 389. The van der Waals surface area contributed by atoms with Crippen LogP contribution in [0.25, 0.3) is 0 Å². The van der Waals surface area contributed by atoms with Crippen molar-refractivity contribution < 1.29 is 8.78 Å². The molecule has 1 heterocycles. The maximum Gasteiger partial charge on any atom is 0.128 e. The molecule has 1 aromatic carbocycles. The lowest BCUT2D eigenvalue weighted by Crippen LogP contribution is -2.47. The maximum atomic E-state index is 13.2. The van der Waals surface area contributed by atoms with Gasteiger partial charge in [-0.15, -0.1) is 0 Å². The third-order valence-corrected chi connectivity index (χ3v) is 3.55. The molecule has 0 aromatic heterocycles. The Morgan fingerprint density at radius 2 is 1.94 bits per heavy atom. The predicted octanol–water partition coefficient (Wildman–Crippen LogP) is 2.93. The summed E-state index contributed by atoms with van der Waals surface area (Å²) in [5.74, 6) is -1.02. The number of rotatable bonds is 3. The zero-order chi connectivity index (χ0) is 13.1. The van der Waals surface area contributed by atoms with Crippen LogP contribution >= 0.6 is 0 Å². The first-order valence-corrected chi connectivity index (χ1v) is 6.56. The molecule has 1 saturated heterocycles. The summed E-state index contributed by atoms with van der Waals surface area (Å²) in [5.41, 5.74) is 0.648. The van der Waals surface area contributed by atoms with Crippen LogP contribution in [0.1, 0.15) is 26.7 Å². The van der Waals surface area contributed by atoms with E-state index in [1.54, 1.807) is 0 Å². The van der Waals surface area contributed by atoms with Crippen LogP contribution in [0.3, 0.4) is 0 Å². The molecule has 0 spiro atoms. The molecule has 2 atom stereocenters. The van der Waals surface area contributed by atoms with Gasteiger partial charge in [0.25, 0.3) is 0 Å². The minimum absolute atomic E-state index is 0.295. The molecule has 4 heteroatoms. The first-order valence-electron chi connectivity index (χ1n) is 6.56. The van der Waals surface area contributed by atoms with Gasteiger partial charge in [-0.3, -0.25) is 0 Å². The Labute approximate surface area is 107 Å². The van der Waals surface area contributed by atoms with E-state index < -0.39 is 11.6 Å². The molecule has 0 radical (unpaired) electrons. The fourth-order valence-corrected chi connectivity index (χ4v) is 2.73. The number of piperidine rings is 1. The zero-order valence-corrected chi connectivity index (χ0v) is 10.9. The molecule has 1 N–H and O–H groups in total. The molecule has 2 rings (SSSR count). The molecule has 0 saturated carbocycles. The lowest BCUT2D eigenvalue weighted by Gasteiger charge is -2.39. The second-order valence-electron chi connectivity index (χ2n) is 4.95. The molecule has 2 nitrogen and oxygen atoms in total. The number of hydrogen-bond donors (Lipinski definition) is 1. The van der Waals surface area contributed by atoms with E-state index in [1.807, 2.05) is 0 Å². The minimum Gasteiger partial charge on any atom is -0.369 e. The summed E-state index contributed by atoms with van der Waals surface area (Å²) >= 11 is 0. The van der Waals surface area contributed by atoms with Crippen LogP contribution in [0.15, 0.2) is 18.2 Å². The van der Waals surface area contributed by atoms with E-state index in [1.165, 1.54) is 12.1 Å². The molecule has 1 fully saturated rings. The van der Waals surface area contributed by atoms with Gasteiger partial charge in [-0.1, -0.05) is 6.92 Å². The molecular formula is C14H20F2N2. The van der Waals surface area contributed by atoms with Gasteiger partial charge < -0.3 is 10.2 Å². The molecule has 0 aliphatic carbocycles. The van der Waals surface area contributed by atoms with Crippen molar-refractivity contribution in [2.75, 3.05) is 18.0 Å². The van der Waals surface area contributed by atoms with Crippen molar-refractivity contribution in [3.8, 4) is 0 Å². The smallest absolute Gasteiger partial charge is 0.128 e. The number of benzene rings is 1. The highest BCUT2D eigenvalue weighted by Crippen LogP contribution is 2.26. The number of anilines is 1. The number of halogens is 2. The largest absolute Gasteiger partial charge is 0.369 e. The normalized spacial score (nSPS) is 24.3. The molecular weight excluding hydrogens is 234 g/mol. The molecule has 0 amide bonds. The molecule has 1 aliphatic heterocycles. The summed E-state index contributed by atoms with van der Waals surface area (Å²) in [7, 11) is 0. The second kappa shape index (κ2) is 5.65. The molecule has 2 unspecified atom stereocenters. The fraction of sp³-hybridized carbons (Fsp3) is 0.571. The predicted molar refractivity (Wildman–Crippen MR) is 69.9 cm³/mol. The summed E-state index contributed by atoms with van der Waals surface area (Å²) in [6.07, 6.45) is 2.02. The Morgan fingerprint density at radius 1 is 1.28 bits per heavy atom.